The van der Waals surface area contributed by atoms with Crippen molar-refractivity contribution in [2.75, 3.05) is 0 Å². The largest absolute Gasteiger partial charge is 0.383 e. The molecule has 0 bridgehead atoms. The van der Waals surface area contributed by atoms with Crippen LogP contribution in [0.15, 0.2) is 120 Å². The number of hydrogen-bond donors (Lipinski definition) is 2. The van der Waals surface area contributed by atoms with Gasteiger partial charge in [-0.3, -0.25) is 5.41 Å². The maximum atomic E-state index is 8.37. The Kier molecular flexibility index (Phi) is 11.0. The molecular formula is C28H33N3. The monoisotopic (exact) mass is 411 g/mol. The summed E-state index contributed by atoms with van der Waals surface area (Å²) in [5.74, 6) is 0.415. The number of nitrogens with one attached hydrogen (secondary N) is 1. The molecule has 0 heterocycles. The summed E-state index contributed by atoms with van der Waals surface area (Å²) in [7, 11) is 0. The molecule has 0 aliphatic rings. The van der Waals surface area contributed by atoms with E-state index >= 15 is 0 Å². The zero-order valence-electron chi connectivity index (χ0n) is 19.0. The van der Waals surface area contributed by atoms with E-state index in [0.717, 1.165) is 27.8 Å². The highest BCUT2D eigenvalue weighted by atomic mass is 14.9. The molecule has 0 spiro atoms. The Morgan fingerprint density at radius 1 is 1.03 bits per heavy atom. The molecule has 3 heteroatoms. The normalized spacial score (nSPS) is 12.2. The second-order valence-corrected chi connectivity index (χ2v) is 6.48. The van der Waals surface area contributed by atoms with Crippen molar-refractivity contribution >= 4 is 11.7 Å². The Hall–Kier alpha value is -3.72. The van der Waals surface area contributed by atoms with Crippen LogP contribution in [0.25, 0.3) is 11.1 Å². The highest BCUT2D eigenvalue weighted by Crippen LogP contribution is 2.20. The van der Waals surface area contributed by atoms with E-state index in [9.17, 15) is 0 Å². The predicted molar refractivity (Wildman–Crippen MR) is 138 cm³/mol. The SMILES string of the molecule is C=C/C=C\C(=C)/C(C)=C/C(=C\C)C(=N)N=C(N)c1cccc(-c2ccccc2)c1.CC. The van der Waals surface area contributed by atoms with Gasteiger partial charge in [0.05, 0.1) is 0 Å². The van der Waals surface area contributed by atoms with Crippen molar-refractivity contribution in [1.29, 1.82) is 5.41 Å². The van der Waals surface area contributed by atoms with Crippen molar-refractivity contribution in [3.05, 3.63) is 120 Å². The van der Waals surface area contributed by atoms with Gasteiger partial charge in [-0.1, -0.05) is 99.8 Å². The third kappa shape index (κ3) is 7.90. The Balaban J connectivity index is 0.00000233. The van der Waals surface area contributed by atoms with Crippen LogP contribution in [0.4, 0.5) is 0 Å². The number of amidine groups is 2. The fourth-order valence-corrected chi connectivity index (χ4v) is 2.67. The second kappa shape index (κ2) is 13.5. The smallest absolute Gasteiger partial charge is 0.153 e. The van der Waals surface area contributed by atoms with E-state index in [1.807, 2.05) is 107 Å². The van der Waals surface area contributed by atoms with E-state index in [2.05, 4.69) is 18.2 Å². The van der Waals surface area contributed by atoms with Crippen molar-refractivity contribution < 1.29 is 0 Å². The molecule has 0 aliphatic heterocycles. The van der Waals surface area contributed by atoms with Crippen LogP contribution in [-0.2, 0) is 0 Å². The maximum absolute atomic E-state index is 8.37. The van der Waals surface area contributed by atoms with Gasteiger partial charge in [0.2, 0.25) is 0 Å². The number of benzene rings is 2. The van der Waals surface area contributed by atoms with Gasteiger partial charge in [-0.15, -0.1) is 0 Å². The molecule has 0 aliphatic carbocycles. The molecule has 0 saturated carbocycles. The highest BCUT2D eigenvalue weighted by Gasteiger charge is 2.06. The average Bonchev–Trinajstić information content (AvgIpc) is 2.82. The van der Waals surface area contributed by atoms with E-state index in [0.29, 0.717) is 11.4 Å². The lowest BCUT2D eigenvalue weighted by molar-refractivity contribution is 1.37. The summed E-state index contributed by atoms with van der Waals surface area (Å²) in [4.78, 5) is 4.33. The maximum Gasteiger partial charge on any atom is 0.153 e. The van der Waals surface area contributed by atoms with Crippen molar-refractivity contribution in [3.8, 4) is 11.1 Å². The number of rotatable bonds is 7. The quantitative estimate of drug-likeness (QED) is 0.281. The Morgan fingerprint density at radius 3 is 2.29 bits per heavy atom. The first kappa shape index (κ1) is 25.3. The summed E-state index contributed by atoms with van der Waals surface area (Å²) in [6.45, 7) is 15.5. The lowest BCUT2D eigenvalue weighted by Crippen LogP contribution is -2.16. The van der Waals surface area contributed by atoms with Crippen LogP contribution >= 0.6 is 0 Å². The van der Waals surface area contributed by atoms with E-state index in [1.54, 1.807) is 6.08 Å². The molecule has 3 N–H and O–H groups in total. The van der Waals surface area contributed by atoms with Gasteiger partial charge in [0.15, 0.2) is 5.84 Å². The molecule has 2 aromatic rings. The van der Waals surface area contributed by atoms with Crippen LogP contribution in [0.2, 0.25) is 0 Å². The van der Waals surface area contributed by atoms with Gasteiger partial charge in [0.25, 0.3) is 0 Å². The van der Waals surface area contributed by atoms with Crippen LogP contribution < -0.4 is 5.73 Å². The first-order valence-electron chi connectivity index (χ1n) is 10.4. The summed E-state index contributed by atoms with van der Waals surface area (Å²) >= 11 is 0. The third-order valence-corrected chi connectivity index (χ3v) is 4.39. The van der Waals surface area contributed by atoms with Crippen LogP contribution in [0.1, 0.15) is 33.3 Å². The van der Waals surface area contributed by atoms with Crippen LogP contribution in [0.5, 0.6) is 0 Å². The van der Waals surface area contributed by atoms with E-state index < -0.39 is 0 Å². The van der Waals surface area contributed by atoms with Crippen LogP contribution in [0.3, 0.4) is 0 Å². The number of nitrogens with two attached hydrogens (primary N) is 1. The molecule has 160 valence electrons. The molecule has 0 amide bonds. The van der Waals surface area contributed by atoms with Gasteiger partial charge in [-0.05, 0) is 48.3 Å². The molecule has 2 rings (SSSR count). The summed E-state index contributed by atoms with van der Waals surface area (Å²) in [6.07, 6.45) is 9.13. The molecule has 0 radical (unpaired) electrons. The van der Waals surface area contributed by atoms with Gasteiger partial charge >= 0.3 is 0 Å². The molecule has 0 unspecified atom stereocenters. The summed E-state index contributed by atoms with van der Waals surface area (Å²) < 4.78 is 0. The van der Waals surface area contributed by atoms with Crippen molar-refractivity contribution in [1.82, 2.24) is 0 Å². The summed E-state index contributed by atoms with van der Waals surface area (Å²) in [5, 5.41) is 8.37. The van der Waals surface area contributed by atoms with Gasteiger partial charge in [0, 0.05) is 11.1 Å². The minimum Gasteiger partial charge on any atom is -0.383 e. The predicted octanol–water partition coefficient (Wildman–Crippen LogP) is 7.25. The highest BCUT2D eigenvalue weighted by molar-refractivity contribution is 6.11. The van der Waals surface area contributed by atoms with Crippen LogP contribution in [0, 0.1) is 5.41 Å². The van der Waals surface area contributed by atoms with Crippen molar-refractivity contribution in [3.63, 3.8) is 0 Å². The fraction of sp³-hybridized carbons (Fsp3) is 0.143. The number of allylic oxidation sites excluding steroid dienone is 6. The minimum atomic E-state index is 0.106. The molecule has 2 aromatic carbocycles. The van der Waals surface area contributed by atoms with Gasteiger partial charge in [0.1, 0.15) is 5.84 Å². The standard InChI is InChI=1S/C26H27N3.C2H6/c1-5-7-12-19(3)20(4)17-21(6-2)25(27)29-26(28)24-16-11-15-23(18-24)22-13-9-8-10-14-22;1-2/h5-18H,1,3H2,2,4H3,(H3,27,28,29);1-2H3/b12-7-,20-17+,21-6+;. The molecule has 3 nitrogen and oxygen atoms in total. The topological polar surface area (TPSA) is 62.2 Å². The first-order chi connectivity index (χ1) is 15.0. The second-order valence-electron chi connectivity index (χ2n) is 6.48. The average molecular weight is 412 g/mol. The summed E-state index contributed by atoms with van der Waals surface area (Å²) in [5.41, 5.74) is 11.6. The summed E-state index contributed by atoms with van der Waals surface area (Å²) in [6, 6.07) is 17.9. The van der Waals surface area contributed by atoms with E-state index in [1.165, 1.54) is 0 Å². The molecule has 0 atom stereocenters. The molecular weight excluding hydrogens is 378 g/mol. The zero-order chi connectivity index (χ0) is 23.2. The fourth-order valence-electron chi connectivity index (χ4n) is 2.67. The van der Waals surface area contributed by atoms with E-state index in [-0.39, 0.29) is 5.84 Å². The Morgan fingerprint density at radius 2 is 1.68 bits per heavy atom. The number of nitrogens with zero attached hydrogens (tertiary/aromatic N) is 1. The first-order valence-corrected chi connectivity index (χ1v) is 10.4. The number of aliphatic imine (C=N–C) groups is 1. The molecule has 0 saturated heterocycles. The van der Waals surface area contributed by atoms with E-state index in [4.69, 9.17) is 11.1 Å². The van der Waals surface area contributed by atoms with Gasteiger partial charge < -0.3 is 5.73 Å². The van der Waals surface area contributed by atoms with Crippen molar-refractivity contribution in [2.45, 2.75) is 27.7 Å². The Bertz CT molecular complexity index is 1020. The molecule has 0 fully saturated rings. The lowest BCUT2D eigenvalue weighted by Gasteiger charge is -2.07. The zero-order valence-corrected chi connectivity index (χ0v) is 19.0. The van der Waals surface area contributed by atoms with Gasteiger partial charge in [-0.2, -0.15) is 0 Å². The lowest BCUT2D eigenvalue weighted by atomic mass is 10.0. The molecule has 31 heavy (non-hydrogen) atoms. The third-order valence-electron chi connectivity index (χ3n) is 4.39. The van der Waals surface area contributed by atoms with Crippen LogP contribution in [-0.4, -0.2) is 11.7 Å². The Labute approximate surface area is 187 Å². The van der Waals surface area contributed by atoms with Crippen molar-refractivity contribution in [2.24, 2.45) is 10.7 Å². The van der Waals surface area contributed by atoms with Gasteiger partial charge in [-0.25, -0.2) is 4.99 Å². The molecule has 0 aromatic heterocycles. The minimum absolute atomic E-state index is 0.106. The number of hydrogen-bond acceptors (Lipinski definition) is 1.